The van der Waals surface area contributed by atoms with Crippen molar-refractivity contribution in [1.82, 2.24) is 0 Å². The van der Waals surface area contributed by atoms with Gasteiger partial charge >= 0.3 is 12.4 Å². The van der Waals surface area contributed by atoms with Gasteiger partial charge in [-0.2, -0.15) is 26.3 Å². The Bertz CT molecular complexity index is 173. The van der Waals surface area contributed by atoms with Crippen molar-refractivity contribution in [2.24, 2.45) is 0 Å². The van der Waals surface area contributed by atoms with E-state index in [1.807, 2.05) is 6.58 Å². The van der Waals surface area contributed by atoms with Crippen LogP contribution in [0.1, 0.15) is 0 Å². The highest BCUT2D eigenvalue weighted by Crippen LogP contribution is 2.36. The second kappa shape index (κ2) is 2.95. The molecule has 1 unspecified atom stereocenters. The summed E-state index contributed by atoms with van der Waals surface area (Å²) in [5.74, 6) is 0. The first-order chi connectivity index (χ1) is 5.07. The predicted molar refractivity (Wildman–Crippen MR) is 26.1 cm³/mol. The molecule has 0 saturated heterocycles. The van der Waals surface area contributed by atoms with Crippen LogP contribution in [0, 0.1) is 0 Å². The molecule has 0 fully saturated rings. The number of rotatable bonds is 1. The number of alkyl halides is 7. The third kappa shape index (κ3) is 2.71. The summed E-state index contributed by atoms with van der Waals surface area (Å²) >= 11 is 0. The lowest BCUT2D eigenvalue weighted by Crippen LogP contribution is -2.32. The second-order valence-corrected chi connectivity index (χ2v) is 1.93. The lowest BCUT2D eigenvalue weighted by Gasteiger charge is -2.16. The summed E-state index contributed by atoms with van der Waals surface area (Å²) in [7, 11) is 0. The van der Waals surface area contributed by atoms with Crippen LogP contribution in [0.3, 0.4) is 0 Å². The molecule has 0 spiro atoms. The van der Waals surface area contributed by atoms with Crippen LogP contribution >= 0.6 is 0 Å². The quantitative estimate of drug-likeness (QED) is 0.446. The zero-order chi connectivity index (χ0) is 10.2. The SMILES string of the molecule is C=C(C(F)C(F)(F)F)C(F)(F)F. The Balaban J connectivity index is 4.53. The van der Waals surface area contributed by atoms with Crippen molar-refractivity contribution in [2.45, 2.75) is 18.5 Å². The molecule has 0 aliphatic heterocycles. The van der Waals surface area contributed by atoms with Crippen LogP contribution in [0.25, 0.3) is 0 Å². The largest absolute Gasteiger partial charge is 0.423 e. The summed E-state index contributed by atoms with van der Waals surface area (Å²) in [5.41, 5.74) is -2.44. The van der Waals surface area contributed by atoms with Crippen LogP contribution in [0.2, 0.25) is 0 Å². The fourth-order valence-electron chi connectivity index (χ4n) is 0.341. The molecule has 0 aromatic rings. The van der Waals surface area contributed by atoms with E-state index in [-0.39, 0.29) is 0 Å². The summed E-state index contributed by atoms with van der Waals surface area (Å²) in [6, 6.07) is 0. The van der Waals surface area contributed by atoms with Gasteiger partial charge in [-0.05, 0) is 0 Å². The lowest BCUT2D eigenvalue weighted by atomic mass is 10.2. The normalized spacial score (nSPS) is 15.9. The Kier molecular flexibility index (Phi) is 2.76. The number of hydrogen-bond acceptors (Lipinski definition) is 0. The second-order valence-electron chi connectivity index (χ2n) is 1.93. The van der Waals surface area contributed by atoms with Gasteiger partial charge in [0.25, 0.3) is 0 Å². The molecule has 0 heterocycles. The number of hydrogen-bond donors (Lipinski definition) is 0. The molecule has 0 aromatic carbocycles. The van der Waals surface area contributed by atoms with E-state index in [9.17, 15) is 30.7 Å². The van der Waals surface area contributed by atoms with Crippen LogP contribution in [-0.4, -0.2) is 18.5 Å². The highest BCUT2D eigenvalue weighted by Gasteiger charge is 2.50. The molecule has 0 saturated carbocycles. The molecule has 0 N–H and O–H groups in total. The maximum Gasteiger partial charge on any atom is 0.423 e. The van der Waals surface area contributed by atoms with E-state index >= 15 is 0 Å². The van der Waals surface area contributed by atoms with Crippen LogP contribution in [-0.2, 0) is 0 Å². The van der Waals surface area contributed by atoms with E-state index in [1.54, 1.807) is 0 Å². The highest BCUT2D eigenvalue weighted by molar-refractivity contribution is 5.11. The van der Waals surface area contributed by atoms with E-state index in [0.717, 1.165) is 0 Å². The molecule has 1 atom stereocenters. The third-order valence-corrected chi connectivity index (χ3v) is 0.957. The van der Waals surface area contributed by atoms with Crippen LogP contribution in [0.4, 0.5) is 30.7 Å². The van der Waals surface area contributed by atoms with Crippen molar-refractivity contribution < 1.29 is 30.7 Å². The van der Waals surface area contributed by atoms with Gasteiger partial charge in [-0.15, -0.1) is 0 Å². The molecule has 0 nitrogen and oxygen atoms in total. The monoisotopic (exact) mass is 196 g/mol. The zero-order valence-corrected chi connectivity index (χ0v) is 5.43. The summed E-state index contributed by atoms with van der Waals surface area (Å²) < 4.78 is 79.9. The maximum atomic E-state index is 11.9. The standard InChI is InChI=1S/C5H3F7/c1-2(4(7,8)9)3(6)5(10,11)12/h3H,1H2. The van der Waals surface area contributed by atoms with Gasteiger partial charge in [0.15, 0.2) is 0 Å². The molecule has 0 rings (SSSR count). The van der Waals surface area contributed by atoms with Crippen molar-refractivity contribution in [2.75, 3.05) is 0 Å². The Labute approximate surface area is 62.7 Å². The van der Waals surface area contributed by atoms with Gasteiger partial charge in [0, 0.05) is 0 Å². The van der Waals surface area contributed by atoms with Crippen molar-refractivity contribution in [3.05, 3.63) is 12.2 Å². The van der Waals surface area contributed by atoms with Crippen LogP contribution in [0.5, 0.6) is 0 Å². The minimum absolute atomic E-state index is 1.97. The summed E-state index contributed by atoms with van der Waals surface area (Å²) in [6.07, 6.45) is -14.9. The Hall–Kier alpha value is -0.750. The molecule has 0 aliphatic rings. The van der Waals surface area contributed by atoms with Crippen LogP contribution < -0.4 is 0 Å². The van der Waals surface area contributed by atoms with Crippen molar-refractivity contribution >= 4 is 0 Å². The first-order valence-corrected chi connectivity index (χ1v) is 2.53. The van der Waals surface area contributed by atoms with Gasteiger partial charge < -0.3 is 0 Å². The topological polar surface area (TPSA) is 0 Å². The average molecular weight is 196 g/mol. The number of allylic oxidation sites excluding steroid dienone is 1. The number of halogens is 7. The molecule has 0 aromatic heterocycles. The lowest BCUT2D eigenvalue weighted by molar-refractivity contribution is -0.190. The van der Waals surface area contributed by atoms with Gasteiger partial charge in [-0.3, -0.25) is 0 Å². The molecular weight excluding hydrogens is 193 g/mol. The van der Waals surface area contributed by atoms with E-state index in [4.69, 9.17) is 0 Å². The maximum absolute atomic E-state index is 11.9. The molecule has 12 heavy (non-hydrogen) atoms. The zero-order valence-electron chi connectivity index (χ0n) is 5.43. The van der Waals surface area contributed by atoms with Crippen molar-refractivity contribution in [1.29, 1.82) is 0 Å². The molecule has 72 valence electrons. The fourth-order valence-corrected chi connectivity index (χ4v) is 0.341. The Morgan fingerprint density at radius 3 is 1.42 bits per heavy atom. The minimum Gasteiger partial charge on any atom is -0.232 e. The van der Waals surface area contributed by atoms with E-state index < -0.39 is 24.1 Å². The predicted octanol–water partition coefficient (Wildman–Crippen LogP) is 3.01. The molecular formula is C5H3F7. The third-order valence-electron chi connectivity index (χ3n) is 0.957. The van der Waals surface area contributed by atoms with Gasteiger partial charge in [-0.1, -0.05) is 6.58 Å². The van der Waals surface area contributed by atoms with Crippen LogP contribution in [0.15, 0.2) is 12.2 Å². The Morgan fingerprint density at radius 2 is 1.33 bits per heavy atom. The molecule has 0 bridgehead atoms. The summed E-state index contributed by atoms with van der Waals surface area (Å²) in [5, 5.41) is 0. The summed E-state index contributed by atoms with van der Waals surface area (Å²) in [6.45, 7) is 1.97. The van der Waals surface area contributed by atoms with Gasteiger partial charge in [0.2, 0.25) is 6.17 Å². The molecule has 7 heteroatoms. The van der Waals surface area contributed by atoms with E-state index in [2.05, 4.69) is 0 Å². The van der Waals surface area contributed by atoms with Crippen molar-refractivity contribution in [3.63, 3.8) is 0 Å². The van der Waals surface area contributed by atoms with Crippen molar-refractivity contribution in [3.8, 4) is 0 Å². The Morgan fingerprint density at radius 1 is 1.00 bits per heavy atom. The first kappa shape index (κ1) is 11.2. The highest BCUT2D eigenvalue weighted by atomic mass is 19.4. The van der Waals surface area contributed by atoms with E-state index in [0.29, 0.717) is 0 Å². The van der Waals surface area contributed by atoms with Gasteiger partial charge in [0.05, 0.1) is 5.57 Å². The smallest absolute Gasteiger partial charge is 0.232 e. The molecule has 0 radical (unpaired) electrons. The summed E-state index contributed by atoms with van der Waals surface area (Å²) in [4.78, 5) is 0. The van der Waals surface area contributed by atoms with Gasteiger partial charge in [0.1, 0.15) is 0 Å². The van der Waals surface area contributed by atoms with E-state index in [1.165, 1.54) is 0 Å². The first-order valence-electron chi connectivity index (χ1n) is 2.53. The minimum atomic E-state index is -5.55. The van der Waals surface area contributed by atoms with Gasteiger partial charge in [-0.25, -0.2) is 4.39 Å². The average Bonchev–Trinajstić information content (AvgIpc) is 1.80. The molecule has 0 aliphatic carbocycles. The fraction of sp³-hybridized carbons (Fsp3) is 0.600. The molecule has 0 amide bonds.